The maximum atomic E-state index is 6.12. The third-order valence-corrected chi connectivity index (χ3v) is 4.86. The van der Waals surface area contributed by atoms with Gasteiger partial charge in [0.05, 0.1) is 0 Å². The van der Waals surface area contributed by atoms with Gasteiger partial charge < -0.3 is 0 Å². The molecule has 0 bridgehead atoms. The number of hydrogen-bond donors (Lipinski definition) is 0. The van der Waals surface area contributed by atoms with Crippen LogP contribution in [-0.2, 0) is 0 Å². The van der Waals surface area contributed by atoms with Gasteiger partial charge in [-0.2, -0.15) is 0 Å². The van der Waals surface area contributed by atoms with E-state index >= 15 is 0 Å². The van der Waals surface area contributed by atoms with Crippen molar-refractivity contribution in [3.05, 3.63) is 0 Å². The van der Waals surface area contributed by atoms with Gasteiger partial charge in [-0.15, -0.1) is 23.2 Å². The van der Waals surface area contributed by atoms with E-state index in [0.717, 1.165) is 38.5 Å². The first-order valence-corrected chi connectivity index (χ1v) is 10.6. The highest BCUT2D eigenvalue weighted by Gasteiger charge is 2.24. The topological polar surface area (TPSA) is 0 Å². The first-order chi connectivity index (χ1) is 9.99. The molecule has 0 heterocycles. The van der Waals surface area contributed by atoms with Gasteiger partial charge in [-0.1, -0.05) is 108 Å². The highest BCUT2D eigenvalue weighted by Crippen LogP contribution is 2.35. The molecule has 0 unspecified atom stereocenters. The summed E-state index contributed by atoms with van der Waals surface area (Å²) < 4.78 is -2.51. The van der Waals surface area contributed by atoms with E-state index in [1.54, 1.807) is 0 Å². The van der Waals surface area contributed by atoms with E-state index in [1.807, 2.05) is 0 Å². The van der Waals surface area contributed by atoms with Crippen molar-refractivity contribution in [2.45, 2.75) is 82.5 Å². The molecule has 0 aliphatic carbocycles. The molecule has 0 radical (unpaired) electrons. The van der Waals surface area contributed by atoms with Gasteiger partial charge in [0.1, 0.15) is 0 Å². The van der Waals surface area contributed by atoms with Crippen molar-refractivity contribution in [2.75, 3.05) is 0 Å². The van der Waals surface area contributed by atoms with Gasteiger partial charge in [-0.3, -0.25) is 0 Å². The van der Waals surface area contributed by atoms with E-state index in [0.29, 0.717) is 12.8 Å². The minimum Gasteiger partial charge on any atom is -0.123 e. The predicted molar refractivity (Wildman–Crippen MR) is 106 cm³/mol. The van der Waals surface area contributed by atoms with Gasteiger partial charge in [0, 0.05) is 23.6 Å². The molecule has 0 nitrogen and oxygen atoms in total. The molecule has 0 aliphatic heterocycles. The van der Waals surface area contributed by atoms with Crippen molar-refractivity contribution in [1.29, 1.82) is 0 Å². The van der Waals surface area contributed by atoms with E-state index in [9.17, 15) is 0 Å². The highest BCUT2D eigenvalue weighted by atomic mass is 35.6. The predicted octanol–water partition coefficient (Wildman–Crippen LogP) is 8.84. The largest absolute Gasteiger partial charge is 0.192 e. The smallest absolute Gasteiger partial charge is 0.123 e. The molecule has 0 saturated heterocycles. The lowest BCUT2D eigenvalue weighted by atomic mass is 10.1. The van der Waals surface area contributed by atoms with Crippen molar-refractivity contribution in [2.24, 2.45) is 0 Å². The Hall–Kier alpha value is 2.32. The van der Waals surface area contributed by atoms with E-state index in [2.05, 4.69) is 0 Å². The van der Waals surface area contributed by atoms with Crippen LogP contribution in [0.4, 0.5) is 0 Å². The summed E-state index contributed by atoms with van der Waals surface area (Å²) in [7, 11) is 0. The van der Waals surface area contributed by atoms with E-state index in [1.165, 1.54) is 12.8 Å². The van der Waals surface area contributed by atoms with Crippen LogP contribution in [0.15, 0.2) is 0 Å². The van der Waals surface area contributed by atoms with Crippen LogP contribution in [-0.4, -0.2) is 18.3 Å². The van der Waals surface area contributed by atoms with Crippen LogP contribution in [0.5, 0.6) is 0 Å². The summed E-state index contributed by atoms with van der Waals surface area (Å²) in [4.78, 5) is 0. The number of rotatable bonds is 11. The van der Waals surface area contributed by atoms with Crippen molar-refractivity contribution >= 4 is 92.8 Å². The summed E-state index contributed by atoms with van der Waals surface area (Å²) in [5, 5.41) is -0.155. The zero-order valence-corrected chi connectivity index (χ0v) is 18.3. The number of halogens is 8. The molecule has 0 fully saturated rings. The fourth-order valence-corrected chi connectivity index (χ4v) is 4.51. The Morgan fingerprint density at radius 2 is 0.773 bits per heavy atom. The standard InChI is InChI=1S/C14H22Cl8/c15-11(9-13(17,18)19)7-5-3-1-2-4-6-8-12(16)10-14(20,21)22/h11-12H,1-10H2/t11-,12-/m1/s1. The van der Waals surface area contributed by atoms with Crippen molar-refractivity contribution in [3.8, 4) is 0 Å². The van der Waals surface area contributed by atoms with Gasteiger partial charge in [0.2, 0.25) is 0 Å². The molecule has 2 atom stereocenters. The van der Waals surface area contributed by atoms with Crippen LogP contribution < -0.4 is 0 Å². The van der Waals surface area contributed by atoms with Gasteiger partial charge in [-0.25, -0.2) is 0 Å². The lowest BCUT2D eigenvalue weighted by Gasteiger charge is -2.15. The molecule has 0 aromatic carbocycles. The average molecular weight is 474 g/mol. The van der Waals surface area contributed by atoms with Gasteiger partial charge in [0.15, 0.2) is 7.59 Å². The number of alkyl halides is 8. The Balaban J connectivity index is 3.41. The molecule has 0 saturated carbocycles. The van der Waals surface area contributed by atoms with E-state index in [4.69, 9.17) is 92.8 Å². The molecule has 0 rings (SSSR count). The molecule has 22 heavy (non-hydrogen) atoms. The Labute approximate surface area is 174 Å². The molecule has 0 N–H and O–H groups in total. The van der Waals surface area contributed by atoms with Crippen LogP contribution in [0.2, 0.25) is 0 Å². The minimum atomic E-state index is -1.25. The molecular formula is C14H22Cl8. The molecule has 0 aliphatic rings. The lowest BCUT2D eigenvalue weighted by molar-refractivity contribution is 0.546. The van der Waals surface area contributed by atoms with Crippen molar-refractivity contribution in [3.63, 3.8) is 0 Å². The Kier molecular flexibility index (Phi) is 14.0. The number of unbranched alkanes of at least 4 members (excludes halogenated alkanes) is 5. The summed E-state index contributed by atoms with van der Waals surface area (Å²) in [5.41, 5.74) is 0. The maximum absolute atomic E-state index is 6.12. The van der Waals surface area contributed by atoms with Crippen LogP contribution >= 0.6 is 92.8 Å². The fourth-order valence-electron chi connectivity index (χ4n) is 2.15. The summed E-state index contributed by atoms with van der Waals surface area (Å²) in [5.74, 6) is 0. The molecule has 0 aromatic heterocycles. The van der Waals surface area contributed by atoms with E-state index in [-0.39, 0.29) is 10.8 Å². The van der Waals surface area contributed by atoms with Crippen LogP contribution in [0.3, 0.4) is 0 Å². The van der Waals surface area contributed by atoms with Crippen LogP contribution in [0.25, 0.3) is 0 Å². The summed E-state index contributed by atoms with van der Waals surface area (Å²) in [6.07, 6.45) is 9.28. The second kappa shape index (κ2) is 12.6. The van der Waals surface area contributed by atoms with Gasteiger partial charge in [-0.05, 0) is 12.8 Å². The molecule has 134 valence electrons. The molecule has 8 heteroatoms. The average Bonchev–Trinajstić information content (AvgIpc) is 2.27. The number of hydrogen-bond acceptors (Lipinski definition) is 0. The summed E-state index contributed by atoms with van der Waals surface area (Å²) in [6.45, 7) is 0. The lowest BCUT2D eigenvalue weighted by Crippen LogP contribution is -2.11. The minimum absolute atomic E-state index is 0.0774. The fraction of sp³-hybridized carbons (Fsp3) is 1.00. The quantitative estimate of drug-likeness (QED) is 0.207. The SMILES string of the molecule is Cl[C@H](CCCCCCCC[C@@H](Cl)CC(Cl)(Cl)Cl)CC(Cl)(Cl)Cl. The van der Waals surface area contributed by atoms with E-state index < -0.39 is 7.59 Å². The first-order valence-electron chi connectivity index (χ1n) is 7.41. The Morgan fingerprint density at radius 1 is 0.500 bits per heavy atom. The zero-order chi connectivity index (χ0) is 17.2. The molecule has 0 amide bonds. The van der Waals surface area contributed by atoms with Gasteiger partial charge >= 0.3 is 0 Å². The zero-order valence-electron chi connectivity index (χ0n) is 12.2. The van der Waals surface area contributed by atoms with Crippen molar-refractivity contribution in [1.82, 2.24) is 0 Å². The van der Waals surface area contributed by atoms with Crippen molar-refractivity contribution < 1.29 is 0 Å². The second-order valence-electron chi connectivity index (χ2n) is 5.53. The Bertz CT molecular complexity index is 243. The van der Waals surface area contributed by atoms with Gasteiger partial charge in [0.25, 0.3) is 0 Å². The molecular weight excluding hydrogens is 452 g/mol. The normalized spacial score (nSPS) is 15.8. The third kappa shape index (κ3) is 18.7. The first kappa shape index (κ1) is 24.3. The molecule has 0 aromatic rings. The monoisotopic (exact) mass is 470 g/mol. The maximum Gasteiger partial charge on any atom is 0.192 e. The third-order valence-electron chi connectivity index (χ3n) is 3.19. The molecule has 0 spiro atoms. The van der Waals surface area contributed by atoms with Crippen LogP contribution in [0.1, 0.15) is 64.2 Å². The summed E-state index contributed by atoms with van der Waals surface area (Å²) in [6, 6.07) is 0. The Morgan fingerprint density at radius 3 is 1.05 bits per heavy atom. The van der Waals surface area contributed by atoms with Crippen LogP contribution in [0, 0.1) is 0 Å². The highest BCUT2D eigenvalue weighted by molar-refractivity contribution is 6.68. The second-order valence-corrected chi connectivity index (χ2v) is 11.8. The summed E-state index contributed by atoms with van der Waals surface area (Å²) >= 11 is 46.4.